The monoisotopic (exact) mass is 333 g/mol. The van der Waals surface area contributed by atoms with Crippen LogP contribution in [0, 0.1) is 5.21 Å². The number of nitrogens with zero attached hydrogens (tertiary/aromatic N) is 3. The smallest absolute Gasteiger partial charge is 0.226 e. The van der Waals surface area contributed by atoms with Gasteiger partial charge in [-0.15, -0.1) is 0 Å². The maximum Gasteiger partial charge on any atom is 0.226 e. The van der Waals surface area contributed by atoms with Crippen molar-refractivity contribution in [2.75, 3.05) is 0 Å². The van der Waals surface area contributed by atoms with Crippen molar-refractivity contribution in [3.8, 4) is 5.75 Å². The van der Waals surface area contributed by atoms with Crippen molar-refractivity contribution in [2.24, 2.45) is 7.05 Å². The van der Waals surface area contributed by atoms with E-state index in [0.29, 0.717) is 17.6 Å². The van der Waals surface area contributed by atoms with Crippen LogP contribution in [-0.2, 0) is 20.1 Å². The zero-order chi connectivity index (χ0) is 17.4. The number of pyridine rings is 1. The third kappa shape index (κ3) is 2.67. The highest BCUT2D eigenvalue weighted by atomic mass is 16.5. The first-order valence-electron chi connectivity index (χ1n) is 8.35. The fraction of sp³-hybridized carbons (Fsp3) is 0.200. The summed E-state index contributed by atoms with van der Waals surface area (Å²) in [5, 5.41) is 13.2. The number of fused-ring (bicyclic) bond motifs is 3. The minimum absolute atomic E-state index is 0.491. The number of aromatic nitrogens is 3. The molecule has 4 aromatic rings. The van der Waals surface area contributed by atoms with E-state index in [4.69, 9.17) is 4.74 Å². The van der Waals surface area contributed by atoms with E-state index < -0.39 is 0 Å². The van der Waals surface area contributed by atoms with Gasteiger partial charge in [0.1, 0.15) is 18.2 Å². The SMILES string of the molecule is CCc1nc2c[n+]([O-])c3ccc(OCc4ccccc4)cc3c2n1C. The van der Waals surface area contributed by atoms with Gasteiger partial charge in [-0.05, 0) is 17.7 Å². The lowest BCUT2D eigenvalue weighted by Crippen LogP contribution is -2.26. The van der Waals surface area contributed by atoms with Crippen molar-refractivity contribution in [2.45, 2.75) is 20.0 Å². The topological polar surface area (TPSA) is 54.0 Å². The van der Waals surface area contributed by atoms with Crippen LogP contribution in [0.25, 0.3) is 21.9 Å². The number of hydrogen-bond donors (Lipinski definition) is 0. The Bertz CT molecular complexity index is 1060. The predicted molar refractivity (Wildman–Crippen MR) is 97.3 cm³/mol. The molecule has 0 atom stereocenters. The van der Waals surface area contributed by atoms with Crippen LogP contribution in [0.4, 0.5) is 0 Å². The molecule has 0 N–H and O–H groups in total. The van der Waals surface area contributed by atoms with Gasteiger partial charge in [0.25, 0.3) is 0 Å². The number of imidazole rings is 1. The van der Waals surface area contributed by atoms with Gasteiger partial charge in [-0.3, -0.25) is 0 Å². The van der Waals surface area contributed by atoms with E-state index in [-0.39, 0.29) is 0 Å². The molecule has 2 heterocycles. The average Bonchev–Trinajstić information content (AvgIpc) is 2.96. The Hall–Kier alpha value is -3.08. The Morgan fingerprint density at radius 3 is 2.72 bits per heavy atom. The minimum atomic E-state index is 0.491. The third-order valence-electron chi connectivity index (χ3n) is 4.48. The Morgan fingerprint density at radius 1 is 1.16 bits per heavy atom. The van der Waals surface area contributed by atoms with Crippen LogP contribution in [0.3, 0.4) is 0 Å². The second kappa shape index (κ2) is 6.09. The van der Waals surface area contributed by atoms with E-state index in [9.17, 15) is 5.21 Å². The summed E-state index contributed by atoms with van der Waals surface area (Å²) in [6.45, 7) is 2.55. The number of rotatable bonds is 4. The van der Waals surface area contributed by atoms with E-state index >= 15 is 0 Å². The lowest BCUT2D eigenvalue weighted by atomic mass is 10.2. The molecule has 0 amide bonds. The molecular formula is C20H19N3O2. The number of benzene rings is 2. The normalized spacial score (nSPS) is 11.3. The van der Waals surface area contributed by atoms with Gasteiger partial charge in [0, 0.05) is 19.5 Å². The van der Waals surface area contributed by atoms with Gasteiger partial charge in [0.2, 0.25) is 11.7 Å². The number of ether oxygens (including phenoxy) is 1. The summed E-state index contributed by atoms with van der Waals surface area (Å²) in [6.07, 6.45) is 2.36. The number of aryl methyl sites for hydroxylation is 2. The van der Waals surface area contributed by atoms with Gasteiger partial charge in [0.05, 0.1) is 10.9 Å². The van der Waals surface area contributed by atoms with Crippen LogP contribution < -0.4 is 9.47 Å². The largest absolute Gasteiger partial charge is 0.618 e. The van der Waals surface area contributed by atoms with Crippen molar-refractivity contribution >= 4 is 21.9 Å². The standard InChI is InChI=1S/C20H19N3O2/c1-3-19-21-17-12-23(24)18-10-9-15(11-16(18)20(17)22(19)2)25-13-14-7-5-4-6-8-14/h4-12H,3,13H2,1-2H3. The van der Waals surface area contributed by atoms with Crippen molar-refractivity contribution in [1.29, 1.82) is 0 Å². The molecule has 0 saturated carbocycles. The Kier molecular flexibility index (Phi) is 3.76. The van der Waals surface area contributed by atoms with Gasteiger partial charge in [-0.1, -0.05) is 37.3 Å². The summed E-state index contributed by atoms with van der Waals surface area (Å²) in [6, 6.07) is 15.6. The van der Waals surface area contributed by atoms with Crippen LogP contribution in [0.2, 0.25) is 0 Å². The summed E-state index contributed by atoms with van der Waals surface area (Å²) >= 11 is 0. The van der Waals surface area contributed by atoms with E-state index in [0.717, 1.165) is 39.2 Å². The van der Waals surface area contributed by atoms with Crippen molar-refractivity contribution in [3.05, 3.63) is 71.3 Å². The molecule has 0 aliphatic heterocycles. The maximum atomic E-state index is 12.3. The molecule has 0 aliphatic rings. The van der Waals surface area contributed by atoms with E-state index in [1.54, 1.807) is 12.3 Å². The molecule has 0 aliphatic carbocycles. The van der Waals surface area contributed by atoms with Gasteiger partial charge in [0.15, 0.2) is 5.52 Å². The van der Waals surface area contributed by atoms with Gasteiger partial charge < -0.3 is 14.5 Å². The molecule has 2 aromatic heterocycles. The molecule has 126 valence electrons. The molecule has 2 aromatic carbocycles. The molecule has 5 nitrogen and oxygen atoms in total. The van der Waals surface area contributed by atoms with Gasteiger partial charge >= 0.3 is 0 Å². The van der Waals surface area contributed by atoms with Crippen molar-refractivity contribution in [3.63, 3.8) is 0 Å². The summed E-state index contributed by atoms with van der Waals surface area (Å²) in [5.41, 5.74) is 3.39. The van der Waals surface area contributed by atoms with Crippen LogP contribution in [0.15, 0.2) is 54.7 Å². The lowest BCUT2D eigenvalue weighted by molar-refractivity contribution is -0.575. The first kappa shape index (κ1) is 15.4. The maximum absolute atomic E-state index is 12.3. The fourth-order valence-electron chi connectivity index (χ4n) is 3.20. The zero-order valence-corrected chi connectivity index (χ0v) is 14.3. The first-order chi connectivity index (χ1) is 12.2. The van der Waals surface area contributed by atoms with Crippen LogP contribution in [-0.4, -0.2) is 9.55 Å². The molecule has 4 rings (SSSR count). The second-order valence-corrected chi connectivity index (χ2v) is 6.08. The van der Waals surface area contributed by atoms with Crippen molar-refractivity contribution < 1.29 is 9.47 Å². The molecule has 0 radical (unpaired) electrons. The van der Waals surface area contributed by atoms with Crippen molar-refractivity contribution in [1.82, 2.24) is 9.55 Å². The van der Waals surface area contributed by atoms with Crippen LogP contribution >= 0.6 is 0 Å². The van der Waals surface area contributed by atoms with E-state index in [2.05, 4.69) is 16.5 Å². The second-order valence-electron chi connectivity index (χ2n) is 6.08. The Labute approximate surface area is 145 Å². The summed E-state index contributed by atoms with van der Waals surface area (Å²) in [4.78, 5) is 4.57. The molecule has 0 unspecified atom stereocenters. The molecule has 5 heteroatoms. The quantitative estimate of drug-likeness (QED) is 0.424. The van der Waals surface area contributed by atoms with E-state index in [1.165, 1.54) is 0 Å². The van der Waals surface area contributed by atoms with E-state index in [1.807, 2.05) is 49.5 Å². The molecule has 0 saturated heterocycles. The molecule has 0 spiro atoms. The highest BCUT2D eigenvalue weighted by Crippen LogP contribution is 2.27. The molecule has 0 fully saturated rings. The highest BCUT2D eigenvalue weighted by Gasteiger charge is 2.17. The summed E-state index contributed by atoms with van der Waals surface area (Å²) < 4.78 is 8.86. The first-order valence-corrected chi connectivity index (χ1v) is 8.35. The Morgan fingerprint density at radius 2 is 1.96 bits per heavy atom. The van der Waals surface area contributed by atoms with Crippen LogP contribution in [0.1, 0.15) is 18.3 Å². The lowest BCUT2D eigenvalue weighted by Gasteiger charge is -2.09. The van der Waals surface area contributed by atoms with Gasteiger partial charge in [-0.2, -0.15) is 4.73 Å². The fourth-order valence-corrected chi connectivity index (χ4v) is 3.20. The Balaban J connectivity index is 1.80. The molecular weight excluding hydrogens is 314 g/mol. The number of hydrogen-bond acceptors (Lipinski definition) is 3. The zero-order valence-electron chi connectivity index (χ0n) is 14.3. The highest BCUT2D eigenvalue weighted by molar-refractivity contribution is 6.01. The summed E-state index contributed by atoms with van der Waals surface area (Å²) in [5.74, 6) is 1.70. The molecule has 0 bridgehead atoms. The summed E-state index contributed by atoms with van der Waals surface area (Å²) in [7, 11) is 1.99. The molecule has 25 heavy (non-hydrogen) atoms. The third-order valence-corrected chi connectivity index (χ3v) is 4.48. The predicted octanol–water partition coefficient (Wildman–Crippen LogP) is 3.50. The minimum Gasteiger partial charge on any atom is -0.618 e. The van der Waals surface area contributed by atoms with Crippen LogP contribution in [0.5, 0.6) is 5.75 Å². The van der Waals surface area contributed by atoms with Gasteiger partial charge in [-0.25, -0.2) is 4.98 Å². The average molecular weight is 333 g/mol.